The van der Waals surface area contributed by atoms with Gasteiger partial charge in [-0.3, -0.25) is 4.79 Å². The standard InChI is InChI=1S/C26H21Br2N3O2/c1-18-7-6-8-19(13-18)17-33-25-22(27)14-20(15-23(25)28)16-29-30-26(32)21-9-2-3-10-24(21)31-11-4-5-12-31/h2-16H,17H2,1H3,(H,30,32)/b29-16-. The van der Waals surface area contributed by atoms with Gasteiger partial charge >= 0.3 is 0 Å². The molecule has 0 saturated heterocycles. The second kappa shape index (κ2) is 10.6. The maximum Gasteiger partial charge on any atom is 0.273 e. The average molecular weight is 567 g/mol. The van der Waals surface area contributed by atoms with Gasteiger partial charge < -0.3 is 9.30 Å². The summed E-state index contributed by atoms with van der Waals surface area (Å²) in [6, 6.07) is 23.2. The Kier molecular flexibility index (Phi) is 7.42. The van der Waals surface area contributed by atoms with Crippen LogP contribution in [0.4, 0.5) is 0 Å². The van der Waals surface area contributed by atoms with Crippen LogP contribution in [-0.4, -0.2) is 16.7 Å². The van der Waals surface area contributed by atoms with Crippen LogP contribution in [0.3, 0.4) is 0 Å². The Bertz CT molecular complexity index is 1280. The zero-order chi connectivity index (χ0) is 23.2. The van der Waals surface area contributed by atoms with E-state index in [1.165, 1.54) is 5.56 Å². The highest BCUT2D eigenvalue weighted by molar-refractivity contribution is 9.11. The van der Waals surface area contributed by atoms with Crippen molar-refractivity contribution in [1.82, 2.24) is 9.99 Å². The lowest BCUT2D eigenvalue weighted by Gasteiger charge is -2.12. The van der Waals surface area contributed by atoms with Gasteiger partial charge in [0.25, 0.3) is 5.91 Å². The van der Waals surface area contributed by atoms with Crippen molar-refractivity contribution in [3.8, 4) is 11.4 Å². The third kappa shape index (κ3) is 5.80. The molecule has 0 aliphatic rings. The number of aromatic nitrogens is 1. The van der Waals surface area contributed by atoms with E-state index in [0.717, 1.165) is 25.8 Å². The second-order valence-corrected chi connectivity index (χ2v) is 9.11. The number of carbonyl (C=O) groups excluding carboxylic acids is 1. The van der Waals surface area contributed by atoms with E-state index in [-0.39, 0.29) is 5.91 Å². The average Bonchev–Trinajstić information content (AvgIpc) is 3.33. The number of halogens is 2. The monoisotopic (exact) mass is 565 g/mol. The van der Waals surface area contributed by atoms with Gasteiger partial charge in [-0.2, -0.15) is 5.10 Å². The summed E-state index contributed by atoms with van der Waals surface area (Å²) in [5.74, 6) is 0.421. The Labute approximate surface area is 209 Å². The molecule has 1 N–H and O–H groups in total. The Balaban J connectivity index is 1.43. The smallest absolute Gasteiger partial charge is 0.273 e. The molecule has 7 heteroatoms. The molecule has 0 unspecified atom stereocenters. The maximum absolute atomic E-state index is 12.7. The zero-order valence-electron chi connectivity index (χ0n) is 17.8. The predicted molar refractivity (Wildman–Crippen MR) is 138 cm³/mol. The van der Waals surface area contributed by atoms with Crippen LogP contribution in [0.2, 0.25) is 0 Å². The van der Waals surface area contributed by atoms with Gasteiger partial charge in [0.15, 0.2) is 0 Å². The molecule has 0 aliphatic carbocycles. The van der Waals surface area contributed by atoms with Crippen LogP contribution in [0.5, 0.6) is 5.75 Å². The molecule has 0 bridgehead atoms. The van der Waals surface area contributed by atoms with E-state index in [4.69, 9.17) is 4.74 Å². The van der Waals surface area contributed by atoms with Crippen LogP contribution in [0.15, 0.2) is 99.2 Å². The number of aryl methyl sites for hydroxylation is 1. The van der Waals surface area contributed by atoms with Gasteiger partial charge in [-0.25, -0.2) is 5.43 Å². The van der Waals surface area contributed by atoms with Crippen molar-refractivity contribution in [1.29, 1.82) is 0 Å². The molecule has 5 nitrogen and oxygen atoms in total. The zero-order valence-corrected chi connectivity index (χ0v) is 21.0. The third-order valence-corrected chi connectivity index (χ3v) is 6.08. The van der Waals surface area contributed by atoms with Crippen molar-refractivity contribution >= 4 is 44.0 Å². The van der Waals surface area contributed by atoms with Crippen molar-refractivity contribution in [2.24, 2.45) is 5.10 Å². The van der Waals surface area contributed by atoms with Crippen molar-refractivity contribution in [2.45, 2.75) is 13.5 Å². The highest BCUT2D eigenvalue weighted by atomic mass is 79.9. The number of carbonyl (C=O) groups is 1. The van der Waals surface area contributed by atoms with Gasteiger partial charge in [0.1, 0.15) is 12.4 Å². The van der Waals surface area contributed by atoms with Gasteiger partial charge in [0.2, 0.25) is 0 Å². The lowest BCUT2D eigenvalue weighted by Crippen LogP contribution is -2.19. The Morgan fingerprint density at radius 1 is 1.00 bits per heavy atom. The summed E-state index contributed by atoms with van der Waals surface area (Å²) in [5, 5.41) is 4.14. The molecular weight excluding hydrogens is 546 g/mol. The lowest BCUT2D eigenvalue weighted by atomic mass is 10.1. The fourth-order valence-electron chi connectivity index (χ4n) is 3.36. The first kappa shape index (κ1) is 23.0. The van der Waals surface area contributed by atoms with Gasteiger partial charge in [0.05, 0.1) is 26.4 Å². The molecule has 0 atom stereocenters. The van der Waals surface area contributed by atoms with Crippen LogP contribution in [0.1, 0.15) is 27.0 Å². The highest BCUT2D eigenvalue weighted by Gasteiger charge is 2.12. The van der Waals surface area contributed by atoms with Crippen molar-refractivity contribution in [3.05, 3.63) is 116 Å². The molecule has 0 saturated carbocycles. The molecule has 166 valence electrons. The quantitative estimate of drug-likeness (QED) is 0.201. The topological polar surface area (TPSA) is 55.6 Å². The minimum atomic E-state index is -0.285. The third-order valence-electron chi connectivity index (χ3n) is 4.90. The Morgan fingerprint density at radius 2 is 1.73 bits per heavy atom. The van der Waals surface area contributed by atoms with Crippen molar-refractivity contribution in [3.63, 3.8) is 0 Å². The largest absolute Gasteiger partial charge is 0.487 e. The molecule has 0 radical (unpaired) electrons. The predicted octanol–water partition coefficient (Wildman–Crippen LogP) is 6.65. The van der Waals surface area contributed by atoms with Crippen LogP contribution in [-0.2, 0) is 6.61 Å². The van der Waals surface area contributed by atoms with Crippen LogP contribution in [0, 0.1) is 6.92 Å². The number of hydrazone groups is 1. The lowest BCUT2D eigenvalue weighted by molar-refractivity contribution is 0.0955. The molecule has 0 fully saturated rings. The summed E-state index contributed by atoms with van der Waals surface area (Å²) in [4.78, 5) is 12.7. The van der Waals surface area contributed by atoms with Crippen LogP contribution < -0.4 is 10.2 Å². The second-order valence-electron chi connectivity index (χ2n) is 7.40. The van der Waals surface area contributed by atoms with Crippen molar-refractivity contribution < 1.29 is 9.53 Å². The molecule has 4 rings (SSSR count). The number of nitrogens with zero attached hydrogens (tertiary/aromatic N) is 2. The fraction of sp³-hybridized carbons (Fsp3) is 0.0769. The SMILES string of the molecule is Cc1cccc(COc2c(Br)cc(/C=N\NC(=O)c3ccccc3-n3cccc3)cc2Br)c1. The Hall–Kier alpha value is -3.16. The number of amides is 1. The van der Waals surface area contributed by atoms with Gasteiger partial charge in [-0.1, -0.05) is 42.0 Å². The fourth-order valence-corrected chi connectivity index (χ4v) is 4.81. The molecule has 1 heterocycles. The van der Waals surface area contributed by atoms with Crippen molar-refractivity contribution in [2.75, 3.05) is 0 Å². The van der Waals surface area contributed by atoms with Crippen LogP contribution in [0.25, 0.3) is 5.69 Å². The molecule has 1 aromatic heterocycles. The highest BCUT2D eigenvalue weighted by Crippen LogP contribution is 2.35. The number of nitrogens with one attached hydrogen (secondary N) is 1. The Morgan fingerprint density at radius 3 is 2.45 bits per heavy atom. The van der Waals surface area contributed by atoms with E-state index in [1.807, 2.05) is 71.6 Å². The summed E-state index contributed by atoms with van der Waals surface area (Å²) in [6.45, 7) is 2.52. The molecular formula is C26H21Br2N3O2. The summed E-state index contributed by atoms with van der Waals surface area (Å²) in [5.41, 5.74) is 7.03. The molecule has 33 heavy (non-hydrogen) atoms. The normalized spacial score (nSPS) is 11.0. The van der Waals surface area contributed by atoms with E-state index < -0.39 is 0 Å². The summed E-state index contributed by atoms with van der Waals surface area (Å²) in [7, 11) is 0. The van der Waals surface area contributed by atoms with E-state index >= 15 is 0 Å². The number of benzene rings is 3. The van der Waals surface area contributed by atoms with E-state index in [1.54, 1.807) is 12.3 Å². The summed E-state index contributed by atoms with van der Waals surface area (Å²) < 4.78 is 9.47. The minimum absolute atomic E-state index is 0.285. The summed E-state index contributed by atoms with van der Waals surface area (Å²) in [6.07, 6.45) is 5.38. The first-order valence-electron chi connectivity index (χ1n) is 10.2. The number of hydrogen-bond acceptors (Lipinski definition) is 3. The minimum Gasteiger partial charge on any atom is -0.487 e. The van der Waals surface area contributed by atoms with E-state index in [9.17, 15) is 4.79 Å². The summed E-state index contributed by atoms with van der Waals surface area (Å²) >= 11 is 7.14. The number of rotatable bonds is 7. The van der Waals surface area contributed by atoms with E-state index in [2.05, 4.69) is 61.4 Å². The van der Waals surface area contributed by atoms with Gasteiger partial charge in [-0.15, -0.1) is 0 Å². The molecule has 4 aromatic rings. The maximum atomic E-state index is 12.7. The van der Waals surface area contributed by atoms with Gasteiger partial charge in [0, 0.05) is 12.4 Å². The number of ether oxygens (including phenoxy) is 1. The first-order valence-corrected chi connectivity index (χ1v) is 11.8. The first-order chi connectivity index (χ1) is 16.0. The van der Waals surface area contributed by atoms with E-state index in [0.29, 0.717) is 17.9 Å². The molecule has 0 spiro atoms. The van der Waals surface area contributed by atoms with Crippen LogP contribution >= 0.6 is 31.9 Å². The molecule has 0 aliphatic heterocycles. The number of para-hydroxylation sites is 1. The number of hydrogen-bond donors (Lipinski definition) is 1. The van der Waals surface area contributed by atoms with Gasteiger partial charge in [-0.05, 0) is 86.3 Å². The molecule has 1 amide bonds. The molecule has 3 aromatic carbocycles.